The van der Waals surface area contributed by atoms with E-state index in [0.29, 0.717) is 0 Å². The average Bonchev–Trinajstić information content (AvgIpc) is 2.07. The second-order valence-electron chi connectivity index (χ2n) is 3.14. The predicted octanol–water partition coefficient (Wildman–Crippen LogP) is 0.577. The first kappa shape index (κ1) is 10.2. The monoisotopic (exact) mass is 196 g/mol. The lowest BCUT2D eigenvalue weighted by Gasteiger charge is -2.10. The molecule has 1 heterocycles. The van der Waals surface area contributed by atoms with Gasteiger partial charge in [0.05, 0.1) is 0 Å². The van der Waals surface area contributed by atoms with E-state index >= 15 is 0 Å². The standard InChI is InChI=1S/C8H12N4O2/c1-4(2)10-7-5(8(13)14)3-6(9)11-12-7/h3-4H,1-2H3,(H2,9,11)(H,10,12)(H,13,14). The van der Waals surface area contributed by atoms with Crippen LogP contribution in [0.3, 0.4) is 0 Å². The fourth-order valence-electron chi connectivity index (χ4n) is 0.950. The number of anilines is 2. The van der Waals surface area contributed by atoms with Gasteiger partial charge in [-0.3, -0.25) is 0 Å². The first-order chi connectivity index (χ1) is 6.50. The van der Waals surface area contributed by atoms with Crippen molar-refractivity contribution in [2.45, 2.75) is 19.9 Å². The van der Waals surface area contributed by atoms with Crippen LogP contribution in [0.25, 0.3) is 0 Å². The van der Waals surface area contributed by atoms with Gasteiger partial charge in [0.1, 0.15) is 11.4 Å². The van der Waals surface area contributed by atoms with Crippen LogP contribution in [0.5, 0.6) is 0 Å². The first-order valence-electron chi connectivity index (χ1n) is 4.13. The van der Waals surface area contributed by atoms with Crippen LogP contribution in [0.4, 0.5) is 11.6 Å². The maximum absolute atomic E-state index is 10.8. The van der Waals surface area contributed by atoms with Crippen molar-refractivity contribution in [3.63, 3.8) is 0 Å². The van der Waals surface area contributed by atoms with Gasteiger partial charge < -0.3 is 16.2 Å². The number of rotatable bonds is 3. The molecule has 0 aliphatic rings. The largest absolute Gasteiger partial charge is 0.478 e. The minimum absolute atomic E-state index is 0.0335. The number of nitrogens with one attached hydrogen (secondary N) is 1. The molecule has 76 valence electrons. The van der Waals surface area contributed by atoms with Crippen LogP contribution in [-0.2, 0) is 0 Å². The third-order valence-electron chi connectivity index (χ3n) is 1.47. The van der Waals surface area contributed by atoms with Crippen molar-refractivity contribution in [1.29, 1.82) is 0 Å². The molecular weight excluding hydrogens is 184 g/mol. The van der Waals surface area contributed by atoms with Crippen molar-refractivity contribution in [3.8, 4) is 0 Å². The van der Waals surface area contributed by atoms with E-state index in [1.54, 1.807) is 0 Å². The SMILES string of the molecule is CC(C)Nc1nnc(N)cc1C(=O)O. The molecule has 1 aromatic rings. The molecule has 0 fully saturated rings. The lowest BCUT2D eigenvalue weighted by molar-refractivity contribution is 0.0697. The van der Waals surface area contributed by atoms with Gasteiger partial charge in [0.2, 0.25) is 0 Å². The third kappa shape index (κ3) is 2.32. The van der Waals surface area contributed by atoms with E-state index in [1.807, 2.05) is 13.8 Å². The summed E-state index contributed by atoms with van der Waals surface area (Å²) in [4.78, 5) is 10.8. The molecular formula is C8H12N4O2. The summed E-state index contributed by atoms with van der Waals surface area (Å²) >= 11 is 0. The third-order valence-corrected chi connectivity index (χ3v) is 1.47. The summed E-state index contributed by atoms with van der Waals surface area (Å²) in [5.74, 6) is -0.742. The number of carboxylic acids is 1. The first-order valence-corrected chi connectivity index (χ1v) is 4.13. The van der Waals surface area contributed by atoms with Crippen molar-refractivity contribution in [2.75, 3.05) is 11.1 Å². The van der Waals surface area contributed by atoms with Gasteiger partial charge in [-0.25, -0.2) is 4.79 Å². The van der Waals surface area contributed by atoms with E-state index in [2.05, 4.69) is 15.5 Å². The number of carboxylic acid groups (broad SMARTS) is 1. The Morgan fingerprint density at radius 3 is 2.71 bits per heavy atom. The fraction of sp³-hybridized carbons (Fsp3) is 0.375. The number of nitrogens with two attached hydrogens (primary N) is 1. The summed E-state index contributed by atoms with van der Waals surface area (Å²) in [5.41, 5.74) is 5.36. The second-order valence-corrected chi connectivity index (χ2v) is 3.14. The maximum atomic E-state index is 10.8. The van der Waals surface area contributed by atoms with Crippen LogP contribution >= 0.6 is 0 Å². The molecule has 0 aliphatic heterocycles. The molecule has 0 aliphatic carbocycles. The van der Waals surface area contributed by atoms with Crippen molar-refractivity contribution >= 4 is 17.6 Å². The van der Waals surface area contributed by atoms with E-state index < -0.39 is 5.97 Å². The quantitative estimate of drug-likeness (QED) is 0.653. The van der Waals surface area contributed by atoms with Crippen LogP contribution in [0.1, 0.15) is 24.2 Å². The molecule has 6 nitrogen and oxygen atoms in total. The number of nitrogens with zero attached hydrogens (tertiary/aromatic N) is 2. The molecule has 0 spiro atoms. The molecule has 0 saturated carbocycles. The van der Waals surface area contributed by atoms with Crippen LogP contribution in [0, 0.1) is 0 Å². The van der Waals surface area contributed by atoms with Gasteiger partial charge in [-0.05, 0) is 13.8 Å². The predicted molar refractivity (Wildman–Crippen MR) is 52.2 cm³/mol. The zero-order chi connectivity index (χ0) is 10.7. The summed E-state index contributed by atoms with van der Waals surface area (Å²) in [6.45, 7) is 3.76. The fourth-order valence-corrected chi connectivity index (χ4v) is 0.950. The number of hydrogen-bond acceptors (Lipinski definition) is 5. The number of aromatic nitrogens is 2. The van der Waals surface area contributed by atoms with Crippen LogP contribution in [0.2, 0.25) is 0 Å². The summed E-state index contributed by atoms with van der Waals surface area (Å²) in [6, 6.07) is 1.37. The van der Waals surface area contributed by atoms with Crippen LogP contribution in [0.15, 0.2) is 6.07 Å². The van der Waals surface area contributed by atoms with Crippen LogP contribution in [-0.4, -0.2) is 27.3 Å². The highest BCUT2D eigenvalue weighted by atomic mass is 16.4. The molecule has 6 heteroatoms. The van der Waals surface area contributed by atoms with E-state index in [1.165, 1.54) is 6.07 Å². The molecule has 0 radical (unpaired) electrons. The van der Waals surface area contributed by atoms with Crippen molar-refractivity contribution in [2.24, 2.45) is 0 Å². The molecule has 0 amide bonds. The summed E-state index contributed by atoms with van der Waals surface area (Å²) in [6.07, 6.45) is 0. The van der Waals surface area contributed by atoms with E-state index in [-0.39, 0.29) is 23.2 Å². The van der Waals surface area contributed by atoms with Crippen molar-refractivity contribution in [3.05, 3.63) is 11.6 Å². The highest BCUT2D eigenvalue weighted by molar-refractivity contribution is 5.93. The van der Waals surface area contributed by atoms with Gasteiger partial charge in [0.15, 0.2) is 5.82 Å². The van der Waals surface area contributed by atoms with E-state index in [0.717, 1.165) is 0 Å². The van der Waals surface area contributed by atoms with Gasteiger partial charge in [-0.2, -0.15) is 0 Å². The molecule has 1 aromatic heterocycles. The van der Waals surface area contributed by atoms with Gasteiger partial charge in [0, 0.05) is 12.1 Å². The molecule has 1 rings (SSSR count). The summed E-state index contributed by atoms with van der Waals surface area (Å²) in [5, 5.41) is 19.0. The highest BCUT2D eigenvalue weighted by Gasteiger charge is 2.13. The maximum Gasteiger partial charge on any atom is 0.339 e. The summed E-state index contributed by atoms with van der Waals surface area (Å²) < 4.78 is 0. The minimum Gasteiger partial charge on any atom is -0.478 e. The number of hydrogen-bond donors (Lipinski definition) is 3. The Morgan fingerprint density at radius 2 is 2.21 bits per heavy atom. The average molecular weight is 196 g/mol. The molecule has 0 unspecified atom stereocenters. The van der Waals surface area contributed by atoms with Gasteiger partial charge in [0.25, 0.3) is 0 Å². The Morgan fingerprint density at radius 1 is 1.57 bits per heavy atom. The van der Waals surface area contributed by atoms with Gasteiger partial charge in [-0.15, -0.1) is 10.2 Å². The lowest BCUT2D eigenvalue weighted by Crippen LogP contribution is -2.16. The van der Waals surface area contributed by atoms with E-state index in [9.17, 15) is 4.79 Å². The second kappa shape index (κ2) is 3.91. The Bertz CT molecular complexity index is 351. The van der Waals surface area contributed by atoms with Crippen molar-refractivity contribution in [1.82, 2.24) is 10.2 Å². The molecule has 0 bridgehead atoms. The molecule has 0 aromatic carbocycles. The number of nitrogen functional groups attached to an aromatic ring is 1. The number of aromatic carboxylic acids is 1. The van der Waals surface area contributed by atoms with Gasteiger partial charge >= 0.3 is 5.97 Å². The zero-order valence-electron chi connectivity index (χ0n) is 7.98. The molecule has 0 atom stereocenters. The Kier molecular flexibility index (Phi) is 2.85. The smallest absolute Gasteiger partial charge is 0.339 e. The summed E-state index contributed by atoms with van der Waals surface area (Å²) in [7, 11) is 0. The van der Waals surface area contributed by atoms with Crippen molar-refractivity contribution < 1.29 is 9.90 Å². The Hall–Kier alpha value is -1.85. The normalized spacial score (nSPS) is 10.2. The van der Waals surface area contributed by atoms with Crippen LogP contribution < -0.4 is 11.1 Å². The molecule has 0 saturated heterocycles. The van der Waals surface area contributed by atoms with E-state index in [4.69, 9.17) is 10.8 Å². The number of carbonyl (C=O) groups is 1. The van der Waals surface area contributed by atoms with Gasteiger partial charge in [-0.1, -0.05) is 0 Å². The topological polar surface area (TPSA) is 101 Å². The minimum atomic E-state index is -1.07. The Labute approximate surface area is 81.1 Å². The Balaban J connectivity index is 3.08. The molecule has 14 heavy (non-hydrogen) atoms. The lowest BCUT2D eigenvalue weighted by atomic mass is 10.2. The zero-order valence-corrected chi connectivity index (χ0v) is 7.98. The highest BCUT2D eigenvalue weighted by Crippen LogP contribution is 2.14. The molecule has 4 N–H and O–H groups in total.